The molecule has 2 aromatic rings. The van der Waals surface area contributed by atoms with Crippen LogP contribution in [0.4, 0.5) is 0 Å². The van der Waals surface area contributed by atoms with E-state index in [1.54, 1.807) is 12.3 Å². The molecule has 3 nitrogen and oxygen atoms in total. The molecule has 100 valence electrons. The van der Waals surface area contributed by atoms with Crippen LogP contribution in [0.3, 0.4) is 0 Å². The molecule has 0 spiro atoms. The summed E-state index contributed by atoms with van der Waals surface area (Å²) >= 11 is 0. The first-order valence-electron chi connectivity index (χ1n) is 6.33. The van der Waals surface area contributed by atoms with Crippen molar-refractivity contribution in [2.24, 2.45) is 0 Å². The van der Waals surface area contributed by atoms with Gasteiger partial charge in [-0.2, -0.15) is 0 Å². The lowest BCUT2D eigenvalue weighted by atomic mass is 10.2. The zero-order valence-electron chi connectivity index (χ0n) is 10.7. The summed E-state index contributed by atoms with van der Waals surface area (Å²) in [5, 5.41) is 9.71. The Morgan fingerprint density at radius 2 is 2.00 bits per heavy atom. The predicted molar refractivity (Wildman–Crippen MR) is 73.7 cm³/mol. The van der Waals surface area contributed by atoms with Gasteiger partial charge in [-0.15, -0.1) is 0 Å². The highest BCUT2D eigenvalue weighted by Gasteiger charge is 2.00. The van der Waals surface area contributed by atoms with Crippen molar-refractivity contribution in [3.8, 4) is 0 Å². The van der Waals surface area contributed by atoms with Crippen LogP contribution in [0.15, 0.2) is 65.3 Å². The van der Waals surface area contributed by atoms with Crippen molar-refractivity contribution in [2.75, 3.05) is 6.61 Å². The Hall–Kier alpha value is -1.84. The largest absolute Gasteiger partial charge is 0.469 e. The maximum Gasteiger partial charge on any atom is 0.107 e. The van der Waals surface area contributed by atoms with Crippen molar-refractivity contribution in [1.82, 2.24) is 0 Å². The van der Waals surface area contributed by atoms with Gasteiger partial charge in [0.05, 0.1) is 25.6 Å². The van der Waals surface area contributed by atoms with Gasteiger partial charge in [0.2, 0.25) is 0 Å². The minimum absolute atomic E-state index is 0.295. The van der Waals surface area contributed by atoms with Crippen LogP contribution in [0, 0.1) is 0 Å². The van der Waals surface area contributed by atoms with Gasteiger partial charge in [-0.3, -0.25) is 0 Å². The third-order valence-electron chi connectivity index (χ3n) is 2.66. The van der Waals surface area contributed by atoms with E-state index in [9.17, 15) is 5.11 Å². The van der Waals surface area contributed by atoms with Crippen LogP contribution < -0.4 is 0 Å². The number of hydrogen-bond acceptors (Lipinski definition) is 3. The molecule has 0 aliphatic rings. The second-order valence-electron chi connectivity index (χ2n) is 4.28. The summed E-state index contributed by atoms with van der Waals surface area (Å²) in [5.41, 5.74) is 1.11. The highest BCUT2D eigenvalue weighted by molar-refractivity contribution is 5.13. The number of benzene rings is 1. The standard InChI is InChI=1S/C16H18O3/c17-15(8-4-9-16-10-5-11-19-16)13-18-12-14-6-2-1-3-7-14/h1-8,10-11,15,17H,9,12-13H2/b8-4+/t15-/m1/s1. The normalized spacial score (nSPS) is 12.9. The predicted octanol–water partition coefficient (Wildman–Crippen LogP) is 2.96. The first-order valence-corrected chi connectivity index (χ1v) is 6.33. The molecule has 1 N–H and O–H groups in total. The van der Waals surface area contributed by atoms with Crippen LogP contribution in [-0.2, 0) is 17.8 Å². The first-order chi connectivity index (χ1) is 9.34. The summed E-state index contributed by atoms with van der Waals surface area (Å²) in [6.07, 6.45) is 5.35. The molecular weight excluding hydrogens is 240 g/mol. The number of ether oxygens (including phenoxy) is 1. The highest BCUT2D eigenvalue weighted by atomic mass is 16.5. The lowest BCUT2D eigenvalue weighted by Gasteiger charge is -2.07. The highest BCUT2D eigenvalue weighted by Crippen LogP contribution is 2.03. The Morgan fingerprint density at radius 1 is 1.16 bits per heavy atom. The van der Waals surface area contributed by atoms with Crippen LogP contribution in [0.1, 0.15) is 11.3 Å². The van der Waals surface area contributed by atoms with Crippen LogP contribution in [0.5, 0.6) is 0 Å². The number of furan rings is 1. The molecule has 0 aliphatic carbocycles. The minimum atomic E-state index is -0.585. The summed E-state index contributed by atoms with van der Waals surface area (Å²) in [5.74, 6) is 0.883. The maximum absolute atomic E-state index is 9.71. The van der Waals surface area contributed by atoms with Gasteiger partial charge in [0, 0.05) is 6.42 Å². The second kappa shape index (κ2) is 7.56. The van der Waals surface area contributed by atoms with Gasteiger partial charge >= 0.3 is 0 Å². The van der Waals surface area contributed by atoms with Crippen LogP contribution in [0.25, 0.3) is 0 Å². The first kappa shape index (κ1) is 13.6. The number of rotatable bonds is 7. The third kappa shape index (κ3) is 5.12. The van der Waals surface area contributed by atoms with Gasteiger partial charge in [-0.25, -0.2) is 0 Å². The fraction of sp³-hybridized carbons (Fsp3) is 0.250. The van der Waals surface area contributed by atoms with Crippen molar-refractivity contribution in [2.45, 2.75) is 19.1 Å². The van der Waals surface area contributed by atoms with E-state index in [2.05, 4.69) is 0 Å². The Morgan fingerprint density at radius 3 is 2.74 bits per heavy atom. The maximum atomic E-state index is 9.71. The van der Waals surface area contributed by atoms with E-state index in [0.29, 0.717) is 19.6 Å². The second-order valence-corrected chi connectivity index (χ2v) is 4.28. The number of allylic oxidation sites excluding steroid dienone is 1. The summed E-state index contributed by atoms with van der Waals surface area (Å²) in [7, 11) is 0. The molecule has 0 saturated heterocycles. The molecular formula is C16H18O3. The van der Waals surface area contributed by atoms with Gasteiger partial charge in [-0.05, 0) is 17.7 Å². The molecule has 0 radical (unpaired) electrons. The Kier molecular flexibility index (Phi) is 5.41. The van der Waals surface area contributed by atoms with Gasteiger partial charge < -0.3 is 14.3 Å². The van der Waals surface area contributed by atoms with Crippen LogP contribution >= 0.6 is 0 Å². The van der Waals surface area contributed by atoms with E-state index in [0.717, 1.165) is 11.3 Å². The van der Waals surface area contributed by atoms with Gasteiger partial charge in [0.1, 0.15) is 5.76 Å². The molecule has 1 atom stereocenters. The molecule has 1 aromatic carbocycles. The lowest BCUT2D eigenvalue weighted by molar-refractivity contribution is 0.0503. The molecule has 0 saturated carbocycles. The zero-order chi connectivity index (χ0) is 13.3. The molecule has 0 bridgehead atoms. The molecule has 0 unspecified atom stereocenters. The molecule has 2 rings (SSSR count). The SMILES string of the molecule is O[C@H](/C=C/Cc1ccco1)COCc1ccccc1. The van der Waals surface area contributed by atoms with E-state index in [4.69, 9.17) is 9.15 Å². The van der Waals surface area contributed by atoms with Crippen molar-refractivity contribution in [3.63, 3.8) is 0 Å². The molecule has 0 aliphatic heterocycles. The Balaban J connectivity index is 1.64. The van der Waals surface area contributed by atoms with Crippen LogP contribution in [-0.4, -0.2) is 17.8 Å². The summed E-state index contributed by atoms with van der Waals surface area (Å²) in [6, 6.07) is 13.7. The molecule has 1 aromatic heterocycles. The average molecular weight is 258 g/mol. The van der Waals surface area contributed by atoms with E-state index >= 15 is 0 Å². The molecule has 19 heavy (non-hydrogen) atoms. The smallest absolute Gasteiger partial charge is 0.107 e. The zero-order valence-corrected chi connectivity index (χ0v) is 10.7. The summed E-state index contributed by atoms with van der Waals surface area (Å²) in [6.45, 7) is 0.813. The molecule has 0 fully saturated rings. The monoisotopic (exact) mass is 258 g/mol. The molecule has 1 heterocycles. The van der Waals surface area contributed by atoms with Crippen molar-refractivity contribution >= 4 is 0 Å². The summed E-state index contributed by atoms with van der Waals surface area (Å²) < 4.78 is 10.6. The summed E-state index contributed by atoms with van der Waals surface area (Å²) in [4.78, 5) is 0. The lowest BCUT2D eigenvalue weighted by Crippen LogP contribution is -2.12. The minimum Gasteiger partial charge on any atom is -0.469 e. The van der Waals surface area contributed by atoms with Crippen molar-refractivity contribution in [3.05, 3.63) is 72.2 Å². The van der Waals surface area contributed by atoms with E-state index in [1.807, 2.05) is 48.5 Å². The number of aliphatic hydroxyl groups is 1. The van der Waals surface area contributed by atoms with E-state index < -0.39 is 6.10 Å². The average Bonchev–Trinajstić information content (AvgIpc) is 2.93. The quantitative estimate of drug-likeness (QED) is 0.776. The fourth-order valence-corrected chi connectivity index (χ4v) is 1.70. The molecule has 0 amide bonds. The van der Waals surface area contributed by atoms with Gasteiger partial charge in [0.25, 0.3) is 0 Å². The third-order valence-corrected chi connectivity index (χ3v) is 2.66. The number of hydrogen-bond donors (Lipinski definition) is 1. The molecule has 3 heteroatoms. The van der Waals surface area contributed by atoms with Crippen molar-refractivity contribution in [1.29, 1.82) is 0 Å². The Bertz CT molecular complexity index is 474. The Labute approximate surface area is 113 Å². The van der Waals surface area contributed by atoms with E-state index in [-0.39, 0.29) is 0 Å². The number of aliphatic hydroxyl groups excluding tert-OH is 1. The van der Waals surface area contributed by atoms with Crippen LogP contribution in [0.2, 0.25) is 0 Å². The van der Waals surface area contributed by atoms with Gasteiger partial charge in [0.15, 0.2) is 0 Å². The van der Waals surface area contributed by atoms with Gasteiger partial charge in [-0.1, -0.05) is 42.5 Å². The fourth-order valence-electron chi connectivity index (χ4n) is 1.70. The van der Waals surface area contributed by atoms with Crippen molar-refractivity contribution < 1.29 is 14.3 Å². The topological polar surface area (TPSA) is 42.6 Å². The van der Waals surface area contributed by atoms with E-state index in [1.165, 1.54) is 0 Å².